The maximum absolute atomic E-state index is 13.3. The molecule has 0 aromatic carbocycles. The molecule has 0 bridgehead atoms. The van der Waals surface area contributed by atoms with Crippen molar-refractivity contribution in [2.75, 3.05) is 0 Å². The molecule has 18 heavy (non-hydrogen) atoms. The highest BCUT2D eigenvalue weighted by Crippen LogP contribution is 2.21. The molecule has 0 saturated heterocycles. The van der Waals surface area contributed by atoms with Crippen LogP contribution in [0.4, 0.5) is 4.39 Å². The predicted molar refractivity (Wildman–Crippen MR) is 66.2 cm³/mol. The summed E-state index contributed by atoms with van der Waals surface area (Å²) >= 11 is 5.83. The Morgan fingerprint density at radius 1 is 1.44 bits per heavy atom. The minimum absolute atomic E-state index is 0.343. The van der Waals surface area contributed by atoms with Crippen LogP contribution in [0.5, 0.6) is 0 Å². The van der Waals surface area contributed by atoms with E-state index in [0.29, 0.717) is 23.4 Å². The summed E-state index contributed by atoms with van der Waals surface area (Å²) in [5.41, 5.74) is 0.779. The van der Waals surface area contributed by atoms with Gasteiger partial charge in [0.05, 0.1) is 23.6 Å². The summed E-state index contributed by atoms with van der Waals surface area (Å²) in [6.45, 7) is 0.586. The number of pyridine rings is 1. The fourth-order valence-electron chi connectivity index (χ4n) is 1.77. The van der Waals surface area contributed by atoms with Crippen LogP contribution in [-0.2, 0) is 6.54 Å². The van der Waals surface area contributed by atoms with E-state index in [1.165, 1.54) is 31.3 Å². The molecule has 6 heteroatoms. The van der Waals surface area contributed by atoms with Crippen LogP contribution < -0.4 is 5.32 Å². The van der Waals surface area contributed by atoms with Gasteiger partial charge in [0.25, 0.3) is 0 Å². The second-order valence-electron chi connectivity index (χ2n) is 4.39. The molecule has 0 radical (unpaired) electrons. The van der Waals surface area contributed by atoms with E-state index in [1.54, 1.807) is 10.9 Å². The van der Waals surface area contributed by atoms with Gasteiger partial charge in [-0.15, -0.1) is 0 Å². The number of aromatic nitrogens is 3. The standard InChI is InChI=1S/C12H12ClFN4/c13-9-5-17-18(7-9)12-8(3-10(14)6-16-12)4-15-11-1-2-11/h3,5-7,11,15H,1-2,4H2. The molecule has 94 valence electrons. The van der Waals surface area contributed by atoms with E-state index in [4.69, 9.17) is 11.6 Å². The zero-order valence-corrected chi connectivity index (χ0v) is 10.4. The molecule has 2 aromatic heterocycles. The van der Waals surface area contributed by atoms with Gasteiger partial charge in [0.15, 0.2) is 5.82 Å². The number of rotatable bonds is 4. The van der Waals surface area contributed by atoms with Crippen molar-refractivity contribution in [3.63, 3.8) is 0 Å². The van der Waals surface area contributed by atoms with Crippen LogP contribution in [0.1, 0.15) is 18.4 Å². The van der Waals surface area contributed by atoms with Crippen molar-refractivity contribution in [2.45, 2.75) is 25.4 Å². The van der Waals surface area contributed by atoms with Crippen LogP contribution >= 0.6 is 11.6 Å². The molecular formula is C12H12ClFN4. The molecule has 1 fully saturated rings. The van der Waals surface area contributed by atoms with Gasteiger partial charge in [-0.1, -0.05) is 11.6 Å². The number of hydrogen-bond donors (Lipinski definition) is 1. The molecule has 1 aliphatic rings. The van der Waals surface area contributed by atoms with Gasteiger partial charge in [0, 0.05) is 18.2 Å². The largest absolute Gasteiger partial charge is 0.310 e. The summed E-state index contributed by atoms with van der Waals surface area (Å²) in [7, 11) is 0. The third-order valence-electron chi connectivity index (χ3n) is 2.84. The van der Waals surface area contributed by atoms with Crippen molar-refractivity contribution in [2.24, 2.45) is 0 Å². The van der Waals surface area contributed by atoms with Gasteiger partial charge >= 0.3 is 0 Å². The van der Waals surface area contributed by atoms with Crippen molar-refractivity contribution in [1.29, 1.82) is 0 Å². The first-order valence-corrected chi connectivity index (χ1v) is 6.18. The fraction of sp³-hybridized carbons (Fsp3) is 0.333. The normalized spacial score (nSPS) is 15.0. The minimum atomic E-state index is -0.343. The van der Waals surface area contributed by atoms with E-state index in [-0.39, 0.29) is 5.82 Å². The van der Waals surface area contributed by atoms with Crippen LogP contribution in [-0.4, -0.2) is 20.8 Å². The van der Waals surface area contributed by atoms with E-state index >= 15 is 0 Å². The van der Waals surface area contributed by atoms with Gasteiger partial charge in [0.1, 0.15) is 5.82 Å². The zero-order chi connectivity index (χ0) is 12.5. The second-order valence-corrected chi connectivity index (χ2v) is 4.83. The minimum Gasteiger partial charge on any atom is -0.310 e. The smallest absolute Gasteiger partial charge is 0.158 e. The van der Waals surface area contributed by atoms with E-state index in [0.717, 1.165) is 5.56 Å². The Hall–Kier alpha value is -1.46. The van der Waals surface area contributed by atoms with Crippen LogP contribution in [0.25, 0.3) is 5.82 Å². The predicted octanol–water partition coefficient (Wildman–Crippen LogP) is 2.31. The lowest BCUT2D eigenvalue weighted by molar-refractivity contribution is 0.607. The van der Waals surface area contributed by atoms with Gasteiger partial charge in [-0.25, -0.2) is 14.1 Å². The molecule has 1 N–H and O–H groups in total. The number of nitrogens with zero attached hydrogens (tertiary/aromatic N) is 3. The summed E-state index contributed by atoms with van der Waals surface area (Å²) in [4.78, 5) is 4.09. The molecule has 1 saturated carbocycles. The first kappa shape index (κ1) is 11.6. The molecule has 0 unspecified atom stereocenters. The molecule has 2 heterocycles. The molecule has 3 rings (SSSR count). The molecule has 1 aliphatic carbocycles. The first-order valence-electron chi connectivity index (χ1n) is 5.81. The lowest BCUT2D eigenvalue weighted by atomic mass is 10.2. The van der Waals surface area contributed by atoms with Crippen LogP contribution in [0.15, 0.2) is 24.7 Å². The highest BCUT2D eigenvalue weighted by molar-refractivity contribution is 6.30. The number of nitrogens with one attached hydrogen (secondary N) is 1. The van der Waals surface area contributed by atoms with Crippen molar-refractivity contribution in [1.82, 2.24) is 20.1 Å². The maximum atomic E-state index is 13.3. The maximum Gasteiger partial charge on any atom is 0.158 e. The van der Waals surface area contributed by atoms with Crippen LogP contribution in [0, 0.1) is 5.82 Å². The van der Waals surface area contributed by atoms with E-state index in [2.05, 4.69) is 15.4 Å². The number of hydrogen-bond acceptors (Lipinski definition) is 3. The SMILES string of the molecule is Fc1cnc(-n2cc(Cl)cn2)c(CNC2CC2)c1. The van der Waals surface area contributed by atoms with Crippen LogP contribution in [0.3, 0.4) is 0 Å². The molecule has 4 nitrogen and oxygen atoms in total. The lowest BCUT2D eigenvalue weighted by Gasteiger charge is -2.09. The van der Waals surface area contributed by atoms with Crippen molar-refractivity contribution in [3.05, 3.63) is 41.1 Å². The number of halogens is 2. The highest BCUT2D eigenvalue weighted by atomic mass is 35.5. The lowest BCUT2D eigenvalue weighted by Crippen LogP contribution is -2.18. The molecule has 2 aromatic rings. The summed E-state index contributed by atoms with van der Waals surface area (Å²) in [5.74, 6) is 0.265. The summed E-state index contributed by atoms with van der Waals surface area (Å²) in [6, 6.07) is 2.04. The molecule has 0 amide bonds. The summed E-state index contributed by atoms with van der Waals surface area (Å²) < 4.78 is 14.8. The average Bonchev–Trinajstić information content (AvgIpc) is 3.08. The Morgan fingerprint density at radius 3 is 2.94 bits per heavy atom. The first-order chi connectivity index (χ1) is 8.72. The molecule has 0 aliphatic heterocycles. The van der Waals surface area contributed by atoms with E-state index < -0.39 is 0 Å². The Labute approximate surface area is 109 Å². The average molecular weight is 267 g/mol. The quantitative estimate of drug-likeness (QED) is 0.923. The zero-order valence-electron chi connectivity index (χ0n) is 9.61. The van der Waals surface area contributed by atoms with Crippen LogP contribution in [0.2, 0.25) is 5.02 Å². The van der Waals surface area contributed by atoms with Gasteiger partial charge in [0.2, 0.25) is 0 Å². The van der Waals surface area contributed by atoms with Crippen molar-refractivity contribution < 1.29 is 4.39 Å². The second kappa shape index (κ2) is 4.66. The Bertz CT molecular complexity index is 565. The van der Waals surface area contributed by atoms with E-state index in [9.17, 15) is 4.39 Å². The van der Waals surface area contributed by atoms with Crippen molar-refractivity contribution in [3.8, 4) is 5.82 Å². The monoisotopic (exact) mass is 266 g/mol. The molecular weight excluding hydrogens is 255 g/mol. The molecule has 0 atom stereocenters. The van der Waals surface area contributed by atoms with Crippen molar-refractivity contribution >= 4 is 11.6 Å². The Morgan fingerprint density at radius 2 is 2.28 bits per heavy atom. The highest BCUT2D eigenvalue weighted by Gasteiger charge is 2.21. The summed E-state index contributed by atoms with van der Waals surface area (Å²) in [6.07, 6.45) is 6.75. The summed E-state index contributed by atoms with van der Waals surface area (Å²) in [5, 5.41) is 7.96. The van der Waals surface area contributed by atoms with Gasteiger partial charge in [-0.2, -0.15) is 5.10 Å². The molecule has 0 spiro atoms. The third-order valence-corrected chi connectivity index (χ3v) is 3.03. The van der Waals surface area contributed by atoms with E-state index in [1.807, 2.05) is 0 Å². The Kier molecular flexibility index (Phi) is 3.01. The van der Waals surface area contributed by atoms with Gasteiger partial charge in [-0.3, -0.25) is 0 Å². The fourth-order valence-corrected chi connectivity index (χ4v) is 1.90. The third kappa shape index (κ3) is 2.52. The Balaban J connectivity index is 1.91. The van der Waals surface area contributed by atoms with Gasteiger partial charge < -0.3 is 5.32 Å². The van der Waals surface area contributed by atoms with Gasteiger partial charge in [-0.05, 0) is 18.9 Å². The topological polar surface area (TPSA) is 42.7 Å².